The smallest absolute Gasteiger partial charge is 0.239 e. The van der Waals surface area contributed by atoms with Gasteiger partial charge >= 0.3 is 0 Å². The maximum atomic E-state index is 11.5. The summed E-state index contributed by atoms with van der Waals surface area (Å²) in [5, 5.41) is 3.16. The third-order valence-corrected chi connectivity index (χ3v) is 4.35. The fourth-order valence-electron chi connectivity index (χ4n) is 1.51. The number of nitrogens with one attached hydrogen (secondary N) is 1. The van der Waals surface area contributed by atoms with Crippen LogP contribution in [0.3, 0.4) is 0 Å². The highest BCUT2D eigenvalue weighted by Crippen LogP contribution is 2.26. The molecule has 1 aromatic carbocycles. The summed E-state index contributed by atoms with van der Waals surface area (Å²) in [6, 6.07) is 5.20. The molecule has 0 fully saturated rings. The molecule has 1 rings (SSSR count). The van der Waals surface area contributed by atoms with Crippen molar-refractivity contribution in [2.24, 2.45) is 5.73 Å². The Hall–Kier alpha value is -0.430. The molecular weight excluding hydrogens is 362 g/mol. The van der Waals surface area contributed by atoms with E-state index in [1.807, 2.05) is 37.2 Å². The van der Waals surface area contributed by atoms with Gasteiger partial charge in [0, 0.05) is 22.0 Å². The lowest BCUT2D eigenvalue weighted by Crippen LogP contribution is -2.37. The maximum absolute atomic E-state index is 11.5. The Morgan fingerprint density at radius 3 is 2.56 bits per heavy atom. The van der Waals surface area contributed by atoms with Crippen LogP contribution in [0.2, 0.25) is 0 Å². The first-order chi connectivity index (χ1) is 8.41. The molecule has 0 heterocycles. The number of benzene rings is 1. The van der Waals surface area contributed by atoms with Crippen LogP contribution in [0.4, 0.5) is 0 Å². The van der Waals surface area contributed by atoms with E-state index in [1.165, 1.54) is 0 Å². The minimum Gasteiger partial charge on any atom is -0.368 e. The number of halogens is 2. The Labute approximate surface area is 124 Å². The molecule has 0 radical (unpaired) electrons. The van der Waals surface area contributed by atoms with Crippen molar-refractivity contribution in [1.82, 2.24) is 10.2 Å². The molecule has 1 unspecified atom stereocenters. The van der Waals surface area contributed by atoms with E-state index in [9.17, 15) is 4.79 Å². The second-order valence-electron chi connectivity index (χ2n) is 4.27. The summed E-state index contributed by atoms with van der Waals surface area (Å²) in [5.74, 6) is -0.372. The number of nitrogens with zero attached hydrogens (tertiary/aromatic N) is 1. The number of nitrogens with two attached hydrogens (primary N) is 1. The summed E-state index contributed by atoms with van der Waals surface area (Å²) < 4.78 is 1.85. The quantitative estimate of drug-likeness (QED) is 0.794. The molecule has 1 amide bonds. The average Bonchev–Trinajstić information content (AvgIpc) is 2.27. The Kier molecular flexibility index (Phi) is 6.28. The Balaban J connectivity index is 2.78. The van der Waals surface area contributed by atoms with Gasteiger partial charge in [-0.3, -0.25) is 4.79 Å². The highest BCUT2D eigenvalue weighted by molar-refractivity contribution is 9.13. The summed E-state index contributed by atoms with van der Waals surface area (Å²) in [4.78, 5) is 13.5. The van der Waals surface area contributed by atoms with E-state index in [0.29, 0.717) is 6.54 Å². The van der Waals surface area contributed by atoms with Gasteiger partial charge in [-0.2, -0.15) is 0 Å². The number of amides is 1. The number of rotatable bonds is 6. The van der Waals surface area contributed by atoms with Gasteiger partial charge in [0.25, 0.3) is 0 Å². The first-order valence-corrected chi connectivity index (χ1v) is 7.13. The fourth-order valence-corrected chi connectivity index (χ4v) is 2.15. The van der Waals surface area contributed by atoms with Crippen molar-refractivity contribution in [1.29, 1.82) is 0 Å². The van der Waals surface area contributed by atoms with E-state index in [0.717, 1.165) is 21.1 Å². The van der Waals surface area contributed by atoms with Crippen LogP contribution in [-0.2, 0) is 4.79 Å². The third kappa shape index (κ3) is 4.68. The Bertz CT molecular complexity index is 424. The highest BCUT2D eigenvalue weighted by atomic mass is 79.9. The number of primary amides is 1. The summed E-state index contributed by atoms with van der Waals surface area (Å²) >= 11 is 6.82. The predicted molar refractivity (Wildman–Crippen MR) is 80.3 cm³/mol. The van der Waals surface area contributed by atoms with Crippen LogP contribution in [0, 0.1) is 0 Å². The Morgan fingerprint density at radius 2 is 2.06 bits per heavy atom. The molecule has 0 spiro atoms. The van der Waals surface area contributed by atoms with Crippen molar-refractivity contribution in [3.63, 3.8) is 0 Å². The molecule has 0 saturated heterocycles. The number of hydrogen-bond acceptors (Lipinski definition) is 3. The molecule has 1 aromatic rings. The van der Waals surface area contributed by atoms with E-state index in [4.69, 9.17) is 5.73 Å². The van der Waals surface area contributed by atoms with Crippen LogP contribution < -0.4 is 11.1 Å². The van der Waals surface area contributed by atoms with Crippen molar-refractivity contribution in [2.45, 2.75) is 6.04 Å². The fraction of sp³-hybridized carbons (Fsp3) is 0.417. The molecule has 3 N–H and O–H groups in total. The minimum absolute atomic E-state index is 0.372. The molecule has 0 saturated carbocycles. The van der Waals surface area contributed by atoms with Crippen molar-refractivity contribution >= 4 is 37.8 Å². The summed E-state index contributed by atoms with van der Waals surface area (Å²) in [6.45, 7) is 1.55. The SMILES string of the molecule is CN(C)CCNC(C(N)=O)c1ccc(Br)c(Br)c1. The van der Waals surface area contributed by atoms with E-state index in [2.05, 4.69) is 37.2 Å². The molecule has 0 aliphatic heterocycles. The molecule has 1 atom stereocenters. The maximum Gasteiger partial charge on any atom is 0.239 e. The average molecular weight is 379 g/mol. The molecule has 0 aromatic heterocycles. The van der Waals surface area contributed by atoms with Crippen molar-refractivity contribution in [3.8, 4) is 0 Å². The first kappa shape index (κ1) is 15.6. The number of carbonyl (C=O) groups is 1. The minimum atomic E-state index is -0.464. The lowest BCUT2D eigenvalue weighted by Gasteiger charge is -2.18. The highest BCUT2D eigenvalue weighted by Gasteiger charge is 2.17. The van der Waals surface area contributed by atoms with Gasteiger partial charge in [0.1, 0.15) is 6.04 Å². The van der Waals surface area contributed by atoms with Gasteiger partial charge in [-0.15, -0.1) is 0 Å². The van der Waals surface area contributed by atoms with E-state index in [1.54, 1.807) is 0 Å². The van der Waals surface area contributed by atoms with Gasteiger partial charge in [-0.25, -0.2) is 0 Å². The first-order valence-electron chi connectivity index (χ1n) is 5.54. The normalized spacial score (nSPS) is 12.7. The molecule has 100 valence electrons. The van der Waals surface area contributed by atoms with Crippen LogP contribution in [-0.4, -0.2) is 38.0 Å². The molecule has 0 bridgehead atoms. The summed E-state index contributed by atoms with van der Waals surface area (Å²) in [6.07, 6.45) is 0. The van der Waals surface area contributed by atoms with Gasteiger partial charge < -0.3 is 16.0 Å². The van der Waals surface area contributed by atoms with E-state index in [-0.39, 0.29) is 5.91 Å². The van der Waals surface area contributed by atoms with Gasteiger partial charge in [0.2, 0.25) is 5.91 Å². The van der Waals surface area contributed by atoms with Crippen molar-refractivity contribution in [2.75, 3.05) is 27.2 Å². The van der Waals surface area contributed by atoms with Crippen LogP contribution in [0.5, 0.6) is 0 Å². The zero-order valence-electron chi connectivity index (χ0n) is 10.4. The molecule has 6 heteroatoms. The standard InChI is InChI=1S/C12H17Br2N3O/c1-17(2)6-5-16-11(12(15)18)8-3-4-9(13)10(14)7-8/h3-4,7,11,16H,5-6H2,1-2H3,(H2,15,18). The predicted octanol–water partition coefficient (Wildman–Crippen LogP) is 1.89. The van der Waals surface area contributed by atoms with Gasteiger partial charge in [0.15, 0.2) is 0 Å². The van der Waals surface area contributed by atoms with Crippen molar-refractivity contribution < 1.29 is 4.79 Å². The molecule has 0 aliphatic rings. The van der Waals surface area contributed by atoms with Crippen LogP contribution in [0.15, 0.2) is 27.1 Å². The third-order valence-electron chi connectivity index (χ3n) is 2.47. The van der Waals surface area contributed by atoms with E-state index < -0.39 is 6.04 Å². The molecule has 0 aliphatic carbocycles. The van der Waals surface area contributed by atoms with Crippen LogP contribution >= 0.6 is 31.9 Å². The number of carbonyl (C=O) groups excluding carboxylic acids is 1. The monoisotopic (exact) mass is 377 g/mol. The summed E-state index contributed by atoms with van der Waals surface area (Å²) in [7, 11) is 3.97. The van der Waals surface area contributed by atoms with E-state index >= 15 is 0 Å². The van der Waals surface area contributed by atoms with Gasteiger partial charge in [-0.05, 0) is 63.7 Å². The van der Waals surface area contributed by atoms with Gasteiger partial charge in [0.05, 0.1) is 0 Å². The number of likely N-dealkylation sites (N-methyl/N-ethyl adjacent to an activating group) is 1. The Morgan fingerprint density at radius 1 is 1.39 bits per heavy atom. The lowest BCUT2D eigenvalue weighted by atomic mass is 10.1. The number of hydrogen-bond donors (Lipinski definition) is 2. The second-order valence-corrected chi connectivity index (χ2v) is 5.98. The zero-order chi connectivity index (χ0) is 13.7. The second kappa shape index (κ2) is 7.23. The van der Waals surface area contributed by atoms with Crippen LogP contribution in [0.25, 0.3) is 0 Å². The molecule has 4 nitrogen and oxygen atoms in total. The molecule has 18 heavy (non-hydrogen) atoms. The van der Waals surface area contributed by atoms with Crippen molar-refractivity contribution in [3.05, 3.63) is 32.7 Å². The zero-order valence-corrected chi connectivity index (χ0v) is 13.6. The lowest BCUT2D eigenvalue weighted by molar-refractivity contribution is -0.120. The largest absolute Gasteiger partial charge is 0.368 e. The molecular formula is C12H17Br2N3O. The van der Waals surface area contributed by atoms with Gasteiger partial charge in [-0.1, -0.05) is 6.07 Å². The topological polar surface area (TPSA) is 58.4 Å². The van der Waals surface area contributed by atoms with Crippen LogP contribution in [0.1, 0.15) is 11.6 Å². The summed E-state index contributed by atoms with van der Waals surface area (Å²) in [5.41, 5.74) is 6.29.